The molecule has 25 heavy (non-hydrogen) atoms. The highest BCUT2D eigenvalue weighted by Crippen LogP contribution is 2.20. The number of allylic oxidation sites excluding steroid dienone is 1. The van der Waals surface area contributed by atoms with Gasteiger partial charge in [0.2, 0.25) is 0 Å². The van der Waals surface area contributed by atoms with Crippen LogP contribution in [-0.4, -0.2) is 55.1 Å². The fourth-order valence-corrected chi connectivity index (χ4v) is 3.62. The smallest absolute Gasteiger partial charge is 0.269 e. The van der Waals surface area contributed by atoms with Crippen molar-refractivity contribution in [2.24, 2.45) is 0 Å². The Morgan fingerprint density at radius 2 is 2.08 bits per heavy atom. The second kappa shape index (κ2) is 8.99. The molecule has 0 spiro atoms. The average molecular weight is 342 g/mol. The van der Waals surface area contributed by atoms with Crippen molar-refractivity contribution in [3.05, 3.63) is 35.7 Å². The van der Waals surface area contributed by atoms with Gasteiger partial charge < -0.3 is 15.1 Å². The number of rotatable bonds is 6. The molecule has 2 heterocycles. The second-order valence-corrected chi connectivity index (χ2v) is 6.93. The molecule has 0 saturated carbocycles. The van der Waals surface area contributed by atoms with E-state index in [0.717, 1.165) is 44.8 Å². The van der Waals surface area contributed by atoms with Crippen LogP contribution in [0.5, 0.6) is 0 Å². The largest absolute Gasteiger partial charge is 0.369 e. The predicted octanol–water partition coefficient (Wildman–Crippen LogP) is 2.84. The molecule has 1 aromatic rings. The fourth-order valence-electron chi connectivity index (χ4n) is 3.62. The summed E-state index contributed by atoms with van der Waals surface area (Å²) in [5, 5.41) is 3.02. The summed E-state index contributed by atoms with van der Waals surface area (Å²) < 4.78 is 0. The van der Waals surface area contributed by atoms with E-state index in [1.54, 1.807) is 6.20 Å². The number of piperazine rings is 1. The molecule has 2 aliphatic rings. The Morgan fingerprint density at radius 1 is 1.24 bits per heavy atom. The standard InChI is InChI=1S/C20H30N4O/c1-2-23-12-14-24(15-13-23)18-9-11-21-19(16-18)20(25)22-10-8-17-6-4-3-5-7-17/h6,9,11,16H,2-5,7-8,10,12-15H2,1H3,(H,22,25). The first-order valence-corrected chi connectivity index (χ1v) is 9.65. The maximum atomic E-state index is 12.4. The highest BCUT2D eigenvalue weighted by atomic mass is 16.1. The SMILES string of the molecule is CCN1CCN(c2ccnc(C(=O)NCCC3=CCCCC3)c2)CC1. The summed E-state index contributed by atoms with van der Waals surface area (Å²) in [5.74, 6) is -0.0644. The lowest BCUT2D eigenvalue weighted by Crippen LogP contribution is -2.46. The van der Waals surface area contributed by atoms with Gasteiger partial charge in [0, 0.05) is 44.6 Å². The molecule has 1 amide bonds. The van der Waals surface area contributed by atoms with Crippen LogP contribution in [0.1, 0.15) is 49.5 Å². The first-order valence-electron chi connectivity index (χ1n) is 9.65. The maximum absolute atomic E-state index is 12.4. The highest BCUT2D eigenvalue weighted by molar-refractivity contribution is 5.93. The molecule has 136 valence electrons. The minimum Gasteiger partial charge on any atom is -0.369 e. The predicted molar refractivity (Wildman–Crippen MR) is 102 cm³/mol. The van der Waals surface area contributed by atoms with Crippen LogP contribution in [0.15, 0.2) is 30.0 Å². The molecule has 1 aliphatic carbocycles. The topological polar surface area (TPSA) is 48.5 Å². The number of likely N-dealkylation sites (N-methyl/N-ethyl adjacent to an activating group) is 1. The molecule has 1 fully saturated rings. The molecule has 1 N–H and O–H groups in total. The number of carbonyl (C=O) groups is 1. The quantitative estimate of drug-likeness (QED) is 0.808. The Balaban J connectivity index is 1.52. The molecule has 0 atom stereocenters. The second-order valence-electron chi connectivity index (χ2n) is 6.93. The molecule has 1 saturated heterocycles. The van der Waals surface area contributed by atoms with Crippen molar-refractivity contribution in [2.75, 3.05) is 44.2 Å². The summed E-state index contributed by atoms with van der Waals surface area (Å²) in [6, 6.07) is 3.93. The van der Waals surface area contributed by atoms with Gasteiger partial charge in [-0.15, -0.1) is 0 Å². The van der Waals surface area contributed by atoms with Gasteiger partial charge in [-0.25, -0.2) is 0 Å². The van der Waals surface area contributed by atoms with E-state index in [9.17, 15) is 4.79 Å². The molecule has 0 radical (unpaired) electrons. The van der Waals surface area contributed by atoms with Crippen LogP contribution in [0.25, 0.3) is 0 Å². The summed E-state index contributed by atoms with van der Waals surface area (Å²) in [7, 11) is 0. The van der Waals surface area contributed by atoms with Crippen molar-refractivity contribution in [2.45, 2.75) is 39.0 Å². The summed E-state index contributed by atoms with van der Waals surface area (Å²) in [5.41, 5.74) is 3.11. The van der Waals surface area contributed by atoms with Gasteiger partial charge in [0.25, 0.3) is 5.91 Å². The number of hydrogen-bond donors (Lipinski definition) is 1. The van der Waals surface area contributed by atoms with Crippen molar-refractivity contribution in [1.29, 1.82) is 0 Å². The average Bonchev–Trinajstić information content (AvgIpc) is 2.69. The molecule has 0 bridgehead atoms. The van der Waals surface area contributed by atoms with Crippen molar-refractivity contribution in [3.63, 3.8) is 0 Å². The first-order chi connectivity index (χ1) is 12.3. The van der Waals surface area contributed by atoms with E-state index in [1.165, 1.54) is 31.3 Å². The van der Waals surface area contributed by atoms with E-state index in [-0.39, 0.29) is 5.91 Å². The highest BCUT2D eigenvalue weighted by Gasteiger charge is 2.17. The van der Waals surface area contributed by atoms with Gasteiger partial charge in [-0.2, -0.15) is 0 Å². The van der Waals surface area contributed by atoms with E-state index in [1.807, 2.05) is 12.1 Å². The van der Waals surface area contributed by atoms with E-state index in [4.69, 9.17) is 0 Å². The summed E-state index contributed by atoms with van der Waals surface area (Å²) in [6.45, 7) is 8.18. The molecular weight excluding hydrogens is 312 g/mol. The zero-order valence-corrected chi connectivity index (χ0v) is 15.3. The molecular formula is C20H30N4O. The van der Waals surface area contributed by atoms with Gasteiger partial charge in [0.1, 0.15) is 5.69 Å². The number of nitrogens with zero attached hydrogens (tertiary/aromatic N) is 3. The van der Waals surface area contributed by atoms with Crippen molar-refractivity contribution < 1.29 is 4.79 Å². The third-order valence-electron chi connectivity index (χ3n) is 5.28. The van der Waals surface area contributed by atoms with E-state index in [0.29, 0.717) is 12.2 Å². The summed E-state index contributed by atoms with van der Waals surface area (Å²) in [4.78, 5) is 21.5. The number of pyridine rings is 1. The third-order valence-corrected chi connectivity index (χ3v) is 5.28. The monoisotopic (exact) mass is 342 g/mol. The van der Waals surface area contributed by atoms with Crippen LogP contribution in [0.3, 0.4) is 0 Å². The van der Waals surface area contributed by atoms with E-state index in [2.05, 4.69) is 33.1 Å². The van der Waals surface area contributed by atoms with Gasteiger partial charge in [-0.1, -0.05) is 18.6 Å². The van der Waals surface area contributed by atoms with E-state index >= 15 is 0 Å². The molecule has 1 aliphatic heterocycles. The van der Waals surface area contributed by atoms with Crippen molar-refractivity contribution >= 4 is 11.6 Å². The number of aromatic nitrogens is 1. The van der Waals surface area contributed by atoms with Crippen LogP contribution in [0, 0.1) is 0 Å². The number of hydrogen-bond acceptors (Lipinski definition) is 4. The number of amides is 1. The number of carbonyl (C=O) groups excluding carboxylic acids is 1. The zero-order chi connectivity index (χ0) is 17.5. The molecule has 0 aromatic carbocycles. The minimum atomic E-state index is -0.0644. The van der Waals surface area contributed by atoms with Gasteiger partial charge in [-0.3, -0.25) is 9.78 Å². The first kappa shape index (κ1) is 17.9. The molecule has 0 unspecified atom stereocenters. The summed E-state index contributed by atoms with van der Waals surface area (Å²) in [6.07, 6.45) is 10.0. The van der Waals surface area contributed by atoms with Crippen LogP contribution in [0.4, 0.5) is 5.69 Å². The molecule has 1 aromatic heterocycles. The Labute approximate surface area is 151 Å². The lowest BCUT2D eigenvalue weighted by Gasteiger charge is -2.35. The lowest BCUT2D eigenvalue weighted by atomic mass is 9.97. The molecule has 3 rings (SSSR count). The van der Waals surface area contributed by atoms with Crippen LogP contribution >= 0.6 is 0 Å². The van der Waals surface area contributed by atoms with Crippen LogP contribution in [-0.2, 0) is 0 Å². The number of anilines is 1. The molecule has 5 nitrogen and oxygen atoms in total. The normalized spacial score (nSPS) is 18.8. The van der Waals surface area contributed by atoms with Gasteiger partial charge in [0.15, 0.2) is 0 Å². The zero-order valence-electron chi connectivity index (χ0n) is 15.3. The van der Waals surface area contributed by atoms with Gasteiger partial charge >= 0.3 is 0 Å². The van der Waals surface area contributed by atoms with Crippen molar-refractivity contribution in [1.82, 2.24) is 15.2 Å². The minimum absolute atomic E-state index is 0.0644. The van der Waals surface area contributed by atoms with Crippen LogP contribution < -0.4 is 10.2 Å². The Morgan fingerprint density at radius 3 is 2.80 bits per heavy atom. The maximum Gasteiger partial charge on any atom is 0.269 e. The fraction of sp³-hybridized carbons (Fsp3) is 0.600. The van der Waals surface area contributed by atoms with Crippen LogP contribution in [0.2, 0.25) is 0 Å². The Hall–Kier alpha value is -1.88. The number of nitrogens with one attached hydrogen (secondary N) is 1. The Bertz CT molecular complexity index is 605. The summed E-state index contributed by atoms with van der Waals surface area (Å²) >= 11 is 0. The Kier molecular flexibility index (Phi) is 6.45. The van der Waals surface area contributed by atoms with Crippen molar-refractivity contribution in [3.8, 4) is 0 Å². The van der Waals surface area contributed by atoms with E-state index < -0.39 is 0 Å². The molecule has 5 heteroatoms. The third kappa shape index (κ3) is 5.05. The van der Waals surface area contributed by atoms with Gasteiger partial charge in [0.05, 0.1) is 0 Å². The lowest BCUT2D eigenvalue weighted by molar-refractivity contribution is 0.0949. The van der Waals surface area contributed by atoms with Gasteiger partial charge in [-0.05, 0) is 50.8 Å².